The zero-order valence-corrected chi connectivity index (χ0v) is 20.0. The number of amides is 1. The molecule has 9 nitrogen and oxygen atoms in total. The molecule has 4 N–H and O–H groups in total. The summed E-state index contributed by atoms with van der Waals surface area (Å²) < 4.78 is 7.77. The number of aryl methyl sites for hydroxylation is 1. The van der Waals surface area contributed by atoms with E-state index in [0.29, 0.717) is 22.9 Å². The third kappa shape index (κ3) is 4.19. The molecule has 0 aliphatic heterocycles. The maximum Gasteiger partial charge on any atom is 0.230 e. The molecule has 9 heteroatoms. The van der Waals surface area contributed by atoms with Gasteiger partial charge in [0.2, 0.25) is 5.91 Å². The van der Waals surface area contributed by atoms with E-state index in [1.807, 2.05) is 18.2 Å². The minimum atomic E-state index is -0.993. The summed E-state index contributed by atoms with van der Waals surface area (Å²) in [6.07, 6.45) is 6.17. The highest BCUT2D eigenvalue weighted by Crippen LogP contribution is 2.37. The topological polar surface area (TPSA) is 128 Å². The standard InChI is InChI=1S/C26H28N6O3/c1-26(2,34)16-8-10-21(28-13-16)31-22(33)11-15-7-9-17(12-20(15)35-3)32-19-6-4-5-18(19)23-24(32)25(27)30-14-29-23/h7-10,12-14,34H,4-6,11H2,1-3H3,(H2,27,29,30)(H,28,31,33). The number of nitrogens with one attached hydrogen (secondary N) is 1. The van der Waals surface area contributed by atoms with Crippen molar-refractivity contribution in [3.63, 3.8) is 0 Å². The zero-order valence-electron chi connectivity index (χ0n) is 20.0. The predicted octanol–water partition coefficient (Wildman–Crippen LogP) is 3.30. The molecule has 3 heterocycles. The molecule has 4 aromatic rings. The maximum atomic E-state index is 12.7. The molecule has 0 bridgehead atoms. The van der Waals surface area contributed by atoms with Crippen molar-refractivity contribution >= 4 is 28.6 Å². The molecule has 1 aromatic carbocycles. The highest BCUT2D eigenvalue weighted by molar-refractivity contribution is 5.93. The molecule has 0 saturated carbocycles. The van der Waals surface area contributed by atoms with E-state index in [-0.39, 0.29) is 12.3 Å². The normalized spacial score (nSPS) is 13.1. The number of methoxy groups -OCH3 is 1. The molecular formula is C26H28N6O3. The van der Waals surface area contributed by atoms with Crippen LogP contribution in [0.25, 0.3) is 16.7 Å². The van der Waals surface area contributed by atoms with E-state index in [9.17, 15) is 9.90 Å². The van der Waals surface area contributed by atoms with Crippen molar-refractivity contribution in [2.75, 3.05) is 18.2 Å². The van der Waals surface area contributed by atoms with Crippen LogP contribution in [0.1, 0.15) is 42.7 Å². The molecular weight excluding hydrogens is 444 g/mol. The van der Waals surface area contributed by atoms with E-state index in [1.54, 1.807) is 39.3 Å². The quantitative estimate of drug-likeness (QED) is 0.393. The predicted molar refractivity (Wildman–Crippen MR) is 134 cm³/mol. The van der Waals surface area contributed by atoms with Crippen LogP contribution in [0.3, 0.4) is 0 Å². The van der Waals surface area contributed by atoms with Gasteiger partial charge in [-0.05, 0) is 50.8 Å². The summed E-state index contributed by atoms with van der Waals surface area (Å²) in [6, 6.07) is 9.20. The molecule has 0 radical (unpaired) electrons. The number of hydrogen-bond acceptors (Lipinski definition) is 7. The first-order chi connectivity index (χ1) is 16.8. The number of nitrogens with two attached hydrogens (primary N) is 1. The fourth-order valence-electron chi connectivity index (χ4n) is 4.69. The number of rotatable bonds is 6. The number of carbonyl (C=O) groups is 1. The number of anilines is 2. The molecule has 1 amide bonds. The van der Waals surface area contributed by atoms with E-state index < -0.39 is 5.60 Å². The van der Waals surface area contributed by atoms with Crippen LogP contribution < -0.4 is 15.8 Å². The molecule has 0 fully saturated rings. The van der Waals surface area contributed by atoms with Crippen molar-refractivity contribution < 1.29 is 14.6 Å². The van der Waals surface area contributed by atoms with Crippen LogP contribution in [0.15, 0.2) is 42.9 Å². The van der Waals surface area contributed by atoms with Crippen molar-refractivity contribution in [3.8, 4) is 11.4 Å². The molecule has 5 rings (SSSR count). The van der Waals surface area contributed by atoms with Gasteiger partial charge in [0.25, 0.3) is 0 Å². The van der Waals surface area contributed by atoms with Gasteiger partial charge in [0.1, 0.15) is 23.4 Å². The van der Waals surface area contributed by atoms with Crippen LogP contribution in [0.2, 0.25) is 0 Å². The number of fused-ring (bicyclic) bond motifs is 3. The van der Waals surface area contributed by atoms with E-state index in [0.717, 1.165) is 41.5 Å². The Bertz CT molecular complexity index is 1420. The second-order valence-corrected chi connectivity index (χ2v) is 9.28. The Kier molecular flexibility index (Phi) is 5.64. The Labute approximate surface area is 203 Å². The van der Waals surface area contributed by atoms with E-state index in [2.05, 4.69) is 24.8 Å². The fraction of sp³-hybridized carbons (Fsp3) is 0.308. The number of aromatic nitrogens is 4. The molecule has 1 aliphatic rings. The lowest BCUT2D eigenvalue weighted by molar-refractivity contribution is -0.115. The summed E-state index contributed by atoms with van der Waals surface area (Å²) in [5, 5.41) is 12.9. The van der Waals surface area contributed by atoms with Crippen molar-refractivity contribution in [2.45, 2.75) is 45.1 Å². The molecule has 0 saturated heterocycles. The summed E-state index contributed by atoms with van der Waals surface area (Å²) >= 11 is 0. The van der Waals surface area contributed by atoms with Crippen molar-refractivity contribution in [3.05, 3.63) is 65.2 Å². The van der Waals surface area contributed by atoms with Gasteiger partial charge in [-0.2, -0.15) is 0 Å². The van der Waals surface area contributed by atoms with Crippen LogP contribution in [-0.4, -0.2) is 37.6 Å². The summed E-state index contributed by atoms with van der Waals surface area (Å²) in [5.41, 5.74) is 11.7. The Morgan fingerprint density at radius 2 is 2.03 bits per heavy atom. The largest absolute Gasteiger partial charge is 0.496 e. The Balaban J connectivity index is 1.42. The Morgan fingerprint density at radius 1 is 1.20 bits per heavy atom. The van der Waals surface area contributed by atoms with Crippen LogP contribution in [-0.2, 0) is 29.7 Å². The van der Waals surface area contributed by atoms with Gasteiger partial charge < -0.3 is 25.5 Å². The van der Waals surface area contributed by atoms with Gasteiger partial charge in [0, 0.05) is 34.8 Å². The molecule has 0 spiro atoms. The van der Waals surface area contributed by atoms with Crippen molar-refractivity contribution in [1.29, 1.82) is 0 Å². The number of aliphatic hydroxyl groups is 1. The zero-order chi connectivity index (χ0) is 24.7. The average molecular weight is 473 g/mol. The number of hydrogen-bond donors (Lipinski definition) is 3. The molecule has 1 aliphatic carbocycles. The first-order valence-corrected chi connectivity index (χ1v) is 11.5. The minimum absolute atomic E-state index is 0.119. The van der Waals surface area contributed by atoms with Gasteiger partial charge in [-0.25, -0.2) is 15.0 Å². The highest BCUT2D eigenvalue weighted by Gasteiger charge is 2.25. The van der Waals surface area contributed by atoms with Crippen LogP contribution in [0.4, 0.5) is 11.6 Å². The highest BCUT2D eigenvalue weighted by atomic mass is 16.5. The number of nitrogens with zero attached hydrogens (tertiary/aromatic N) is 4. The SMILES string of the molecule is COc1cc(-n2c3c(c4ncnc(N)c42)CCC3)ccc1CC(=O)Nc1ccc(C(C)(C)O)cn1. The van der Waals surface area contributed by atoms with Crippen molar-refractivity contribution in [1.82, 2.24) is 19.5 Å². The van der Waals surface area contributed by atoms with Crippen LogP contribution >= 0.6 is 0 Å². The summed E-state index contributed by atoms with van der Waals surface area (Å²) in [4.78, 5) is 25.7. The number of carbonyl (C=O) groups excluding carboxylic acids is 1. The van der Waals surface area contributed by atoms with Crippen LogP contribution in [0, 0.1) is 0 Å². The third-order valence-electron chi connectivity index (χ3n) is 6.44. The summed E-state index contributed by atoms with van der Waals surface area (Å²) in [5.74, 6) is 1.25. The molecule has 0 atom stereocenters. The molecule has 180 valence electrons. The lowest BCUT2D eigenvalue weighted by atomic mass is 10.0. The molecule has 35 heavy (non-hydrogen) atoms. The van der Waals surface area contributed by atoms with E-state index >= 15 is 0 Å². The molecule has 0 unspecified atom stereocenters. The van der Waals surface area contributed by atoms with Gasteiger partial charge >= 0.3 is 0 Å². The van der Waals surface area contributed by atoms with E-state index in [1.165, 1.54) is 17.6 Å². The van der Waals surface area contributed by atoms with Crippen LogP contribution in [0.5, 0.6) is 5.75 Å². The first kappa shape index (κ1) is 22.8. The molecule has 3 aromatic heterocycles. The smallest absolute Gasteiger partial charge is 0.230 e. The average Bonchev–Trinajstić information content (AvgIpc) is 3.41. The monoisotopic (exact) mass is 472 g/mol. The lowest BCUT2D eigenvalue weighted by Gasteiger charge is -2.17. The lowest BCUT2D eigenvalue weighted by Crippen LogP contribution is -2.18. The maximum absolute atomic E-state index is 12.7. The second-order valence-electron chi connectivity index (χ2n) is 9.28. The second kappa shape index (κ2) is 8.66. The van der Waals surface area contributed by atoms with Gasteiger partial charge in [-0.3, -0.25) is 4.79 Å². The summed E-state index contributed by atoms with van der Waals surface area (Å²) in [7, 11) is 1.59. The van der Waals surface area contributed by atoms with Crippen molar-refractivity contribution in [2.24, 2.45) is 0 Å². The van der Waals surface area contributed by atoms with E-state index in [4.69, 9.17) is 10.5 Å². The third-order valence-corrected chi connectivity index (χ3v) is 6.44. The number of ether oxygens (including phenoxy) is 1. The number of nitrogen functional groups attached to an aromatic ring is 1. The Morgan fingerprint density at radius 3 is 2.74 bits per heavy atom. The Hall–Kier alpha value is -3.98. The summed E-state index contributed by atoms with van der Waals surface area (Å²) in [6.45, 7) is 3.37. The van der Waals surface area contributed by atoms with Gasteiger partial charge in [-0.1, -0.05) is 12.1 Å². The van der Waals surface area contributed by atoms with Gasteiger partial charge in [0.15, 0.2) is 5.82 Å². The van der Waals surface area contributed by atoms with Gasteiger partial charge in [-0.15, -0.1) is 0 Å². The first-order valence-electron chi connectivity index (χ1n) is 11.5. The number of pyridine rings is 1. The number of benzene rings is 1. The van der Waals surface area contributed by atoms with Gasteiger partial charge in [0.05, 0.1) is 24.6 Å². The fourth-order valence-corrected chi connectivity index (χ4v) is 4.69. The minimum Gasteiger partial charge on any atom is -0.496 e.